The van der Waals surface area contributed by atoms with E-state index in [-0.39, 0.29) is 11.3 Å². The average Bonchev–Trinajstić information content (AvgIpc) is 2.70. The Morgan fingerprint density at radius 3 is 2.14 bits per heavy atom. The molecular formula is C25H35NO3. The Labute approximate surface area is 175 Å². The summed E-state index contributed by atoms with van der Waals surface area (Å²) in [6, 6.07) is 16.2. The van der Waals surface area contributed by atoms with Crippen LogP contribution in [0.15, 0.2) is 48.5 Å². The Morgan fingerprint density at radius 1 is 0.966 bits per heavy atom. The van der Waals surface area contributed by atoms with Crippen molar-refractivity contribution >= 4 is 5.91 Å². The molecule has 0 fully saturated rings. The Kier molecular flexibility index (Phi) is 8.56. The molecule has 0 aliphatic rings. The van der Waals surface area contributed by atoms with Crippen LogP contribution in [0.2, 0.25) is 0 Å². The van der Waals surface area contributed by atoms with Crippen molar-refractivity contribution in [3.63, 3.8) is 0 Å². The summed E-state index contributed by atoms with van der Waals surface area (Å²) in [5, 5.41) is 3.00. The van der Waals surface area contributed by atoms with E-state index in [0.29, 0.717) is 19.6 Å². The van der Waals surface area contributed by atoms with Gasteiger partial charge in [0.2, 0.25) is 0 Å². The summed E-state index contributed by atoms with van der Waals surface area (Å²) in [5.74, 6) is 1.57. The molecular weight excluding hydrogens is 362 g/mol. The molecule has 0 unspecified atom stereocenters. The van der Waals surface area contributed by atoms with E-state index in [1.54, 1.807) is 0 Å². The number of nitrogens with one attached hydrogen (secondary N) is 1. The van der Waals surface area contributed by atoms with E-state index in [4.69, 9.17) is 9.47 Å². The van der Waals surface area contributed by atoms with Crippen molar-refractivity contribution in [2.75, 3.05) is 13.2 Å². The lowest BCUT2D eigenvalue weighted by Gasteiger charge is -2.21. The number of rotatable bonds is 10. The van der Waals surface area contributed by atoms with Gasteiger partial charge in [-0.2, -0.15) is 0 Å². The summed E-state index contributed by atoms with van der Waals surface area (Å²) in [6.45, 7) is 11.8. The summed E-state index contributed by atoms with van der Waals surface area (Å²) < 4.78 is 11.4. The molecule has 29 heavy (non-hydrogen) atoms. The van der Waals surface area contributed by atoms with Crippen LogP contribution >= 0.6 is 0 Å². The Hall–Kier alpha value is -2.49. The third-order valence-electron chi connectivity index (χ3n) is 4.84. The lowest BCUT2D eigenvalue weighted by Crippen LogP contribution is -2.38. The maximum Gasteiger partial charge on any atom is 0.261 e. The molecule has 0 aliphatic heterocycles. The predicted molar refractivity (Wildman–Crippen MR) is 119 cm³/mol. The van der Waals surface area contributed by atoms with Crippen LogP contribution in [0, 0.1) is 0 Å². The van der Waals surface area contributed by atoms with Gasteiger partial charge >= 0.3 is 0 Å². The van der Waals surface area contributed by atoms with Crippen molar-refractivity contribution in [2.45, 2.75) is 65.4 Å². The van der Waals surface area contributed by atoms with E-state index in [0.717, 1.165) is 24.3 Å². The van der Waals surface area contributed by atoms with Crippen molar-refractivity contribution in [2.24, 2.45) is 0 Å². The molecule has 2 aromatic carbocycles. The number of aryl methyl sites for hydroxylation is 1. The summed E-state index contributed by atoms with van der Waals surface area (Å²) >= 11 is 0. The first-order valence-corrected chi connectivity index (χ1v) is 10.6. The van der Waals surface area contributed by atoms with Gasteiger partial charge in [-0.15, -0.1) is 0 Å². The van der Waals surface area contributed by atoms with Crippen molar-refractivity contribution in [3.05, 3.63) is 59.7 Å². The van der Waals surface area contributed by atoms with Crippen LogP contribution in [0.25, 0.3) is 0 Å². The van der Waals surface area contributed by atoms with Crippen molar-refractivity contribution in [1.82, 2.24) is 5.32 Å². The van der Waals surface area contributed by atoms with Gasteiger partial charge < -0.3 is 14.8 Å². The standard InChI is InChI=1S/C25H35NO3/c1-6-23(29-22-16-12-20(13-17-22)25(3,4)5)24(27)26-18-8-9-19-10-14-21(15-11-19)28-7-2/h10-17,23H,6-9,18H2,1-5H3,(H,26,27)/t23-/m1/s1. The van der Waals surface area contributed by atoms with Crippen LogP contribution in [0.1, 0.15) is 58.6 Å². The molecule has 158 valence electrons. The van der Waals surface area contributed by atoms with Gasteiger partial charge in [0.05, 0.1) is 6.61 Å². The molecule has 0 radical (unpaired) electrons. The molecule has 0 bridgehead atoms. The van der Waals surface area contributed by atoms with Gasteiger partial charge in [-0.1, -0.05) is 52.0 Å². The molecule has 0 aromatic heterocycles. The number of hydrogen-bond acceptors (Lipinski definition) is 3. The largest absolute Gasteiger partial charge is 0.494 e. The Balaban J connectivity index is 1.77. The highest BCUT2D eigenvalue weighted by Crippen LogP contribution is 2.25. The monoisotopic (exact) mass is 397 g/mol. The zero-order valence-corrected chi connectivity index (χ0v) is 18.5. The molecule has 0 spiro atoms. The molecule has 2 rings (SSSR count). The smallest absolute Gasteiger partial charge is 0.261 e. The van der Waals surface area contributed by atoms with Gasteiger partial charge in [0.15, 0.2) is 6.10 Å². The van der Waals surface area contributed by atoms with E-state index >= 15 is 0 Å². The van der Waals surface area contributed by atoms with E-state index in [2.05, 4.69) is 50.4 Å². The first-order valence-electron chi connectivity index (χ1n) is 10.6. The molecule has 4 heteroatoms. The molecule has 2 aromatic rings. The first kappa shape index (κ1) is 22.8. The fraction of sp³-hybridized carbons (Fsp3) is 0.480. The number of amides is 1. The maximum absolute atomic E-state index is 12.5. The quantitative estimate of drug-likeness (QED) is 0.554. The van der Waals surface area contributed by atoms with Gasteiger partial charge in [-0.05, 0) is 67.0 Å². The summed E-state index contributed by atoms with van der Waals surface area (Å²) in [5.41, 5.74) is 2.59. The topological polar surface area (TPSA) is 47.6 Å². The summed E-state index contributed by atoms with van der Waals surface area (Å²) in [7, 11) is 0. The number of ether oxygens (including phenoxy) is 2. The molecule has 0 saturated carbocycles. The van der Waals surface area contributed by atoms with Crippen LogP contribution in [-0.4, -0.2) is 25.2 Å². The number of carbonyl (C=O) groups is 1. The van der Waals surface area contributed by atoms with Crippen LogP contribution in [-0.2, 0) is 16.6 Å². The van der Waals surface area contributed by atoms with Crippen LogP contribution in [0.3, 0.4) is 0 Å². The third kappa shape index (κ3) is 7.45. The Morgan fingerprint density at radius 2 is 1.59 bits per heavy atom. The number of hydrogen-bond donors (Lipinski definition) is 1. The van der Waals surface area contributed by atoms with Gasteiger partial charge in [0, 0.05) is 6.54 Å². The van der Waals surface area contributed by atoms with Gasteiger partial charge in [-0.25, -0.2) is 0 Å². The van der Waals surface area contributed by atoms with Gasteiger partial charge in [0.25, 0.3) is 5.91 Å². The molecule has 1 atom stereocenters. The average molecular weight is 398 g/mol. The van der Waals surface area contributed by atoms with E-state index in [1.165, 1.54) is 11.1 Å². The highest BCUT2D eigenvalue weighted by molar-refractivity contribution is 5.81. The highest BCUT2D eigenvalue weighted by atomic mass is 16.5. The molecule has 4 nitrogen and oxygen atoms in total. The van der Waals surface area contributed by atoms with E-state index in [1.807, 2.05) is 38.1 Å². The van der Waals surface area contributed by atoms with Gasteiger partial charge in [-0.3, -0.25) is 4.79 Å². The van der Waals surface area contributed by atoms with E-state index < -0.39 is 6.10 Å². The fourth-order valence-corrected chi connectivity index (χ4v) is 3.06. The summed E-state index contributed by atoms with van der Waals surface area (Å²) in [4.78, 5) is 12.5. The maximum atomic E-state index is 12.5. The Bertz CT molecular complexity index is 745. The SMILES string of the molecule is CCOc1ccc(CCCNC(=O)[C@@H](CC)Oc2ccc(C(C)(C)C)cc2)cc1. The second-order valence-electron chi connectivity index (χ2n) is 8.26. The van der Waals surface area contributed by atoms with Crippen LogP contribution in [0.5, 0.6) is 11.5 Å². The second-order valence-corrected chi connectivity index (χ2v) is 8.26. The van der Waals surface area contributed by atoms with Crippen molar-refractivity contribution < 1.29 is 14.3 Å². The normalized spacial score (nSPS) is 12.3. The molecule has 0 heterocycles. The zero-order chi connectivity index (χ0) is 21.3. The van der Waals surface area contributed by atoms with Crippen molar-refractivity contribution in [3.8, 4) is 11.5 Å². The first-order chi connectivity index (χ1) is 13.8. The molecule has 0 saturated heterocycles. The van der Waals surface area contributed by atoms with E-state index in [9.17, 15) is 4.79 Å². The minimum Gasteiger partial charge on any atom is -0.494 e. The second kappa shape index (κ2) is 10.9. The van der Waals surface area contributed by atoms with Crippen LogP contribution in [0.4, 0.5) is 0 Å². The molecule has 1 amide bonds. The molecule has 0 aliphatic carbocycles. The number of carbonyl (C=O) groups excluding carboxylic acids is 1. The highest BCUT2D eigenvalue weighted by Gasteiger charge is 2.19. The summed E-state index contributed by atoms with van der Waals surface area (Å²) in [6.07, 6.45) is 1.96. The third-order valence-corrected chi connectivity index (χ3v) is 4.84. The minimum atomic E-state index is -0.471. The predicted octanol–water partition coefficient (Wildman–Crippen LogP) is 5.29. The zero-order valence-electron chi connectivity index (χ0n) is 18.5. The molecule has 1 N–H and O–H groups in total. The van der Waals surface area contributed by atoms with Crippen molar-refractivity contribution in [1.29, 1.82) is 0 Å². The van der Waals surface area contributed by atoms with Gasteiger partial charge in [0.1, 0.15) is 11.5 Å². The lowest BCUT2D eigenvalue weighted by molar-refractivity contribution is -0.128. The fourth-order valence-electron chi connectivity index (χ4n) is 3.06. The number of benzene rings is 2. The minimum absolute atomic E-state index is 0.0564. The lowest BCUT2D eigenvalue weighted by atomic mass is 9.87. The van der Waals surface area contributed by atoms with Crippen LogP contribution < -0.4 is 14.8 Å².